The summed E-state index contributed by atoms with van der Waals surface area (Å²) >= 11 is 0. The molecular weight excluding hydrogens is 224 g/mol. The predicted octanol–water partition coefficient (Wildman–Crippen LogP) is 2.93. The second kappa shape index (κ2) is 5.89. The fourth-order valence-electron chi connectivity index (χ4n) is 2.32. The van der Waals surface area contributed by atoms with Crippen LogP contribution in [0.2, 0.25) is 0 Å². The minimum absolute atomic E-state index is 0.696. The monoisotopic (exact) mass is 250 g/mol. The molecule has 1 saturated carbocycles. The Morgan fingerprint density at radius 1 is 1.44 bits per heavy atom. The molecule has 1 N–H and O–H groups in total. The molecule has 3 heteroatoms. The van der Waals surface area contributed by atoms with Crippen LogP contribution in [0.1, 0.15) is 43.8 Å². The fourth-order valence-corrected chi connectivity index (χ4v) is 2.32. The van der Waals surface area contributed by atoms with Gasteiger partial charge in [-0.3, -0.25) is 4.90 Å². The normalized spacial score (nSPS) is 15.9. The average molecular weight is 250 g/mol. The number of nitrogens with one attached hydrogen (secondary N) is 1. The maximum absolute atomic E-state index is 5.94. The first kappa shape index (κ1) is 13.6. The minimum Gasteiger partial charge on any atom is -0.463 e. The van der Waals surface area contributed by atoms with Gasteiger partial charge in [0.1, 0.15) is 11.5 Å². The number of furan rings is 1. The van der Waals surface area contributed by atoms with E-state index in [9.17, 15) is 0 Å². The predicted molar refractivity (Wildman–Crippen MR) is 74.5 cm³/mol. The Labute approximate surface area is 111 Å². The summed E-state index contributed by atoms with van der Waals surface area (Å²) in [5, 5.41) is 3.51. The Morgan fingerprint density at radius 3 is 2.78 bits per heavy atom. The molecule has 0 saturated heterocycles. The third-order valence-electron chi connectivity index (χ3n) is 3.30. The summed E-state index contributed by atoms with van der Waals surface area (Å²) in [7, 11) is 2.15. The van der Waals surface area contributed by atoms with E-state index in [1.807, 2.05) is 0 Å². The van der Waals surface area contributed by atoms with E-state index < -0.39 is 0 Å². The molecule has 18 heavy (non-hydrogen) atoms. The van der Waals surface area contributed by atoms with Crippen molar-refractivity contribution < 1.29 is 4.42 Å². The van der Waals surface area contributed by atoms with Gasteiger partial charge in [-0.25, -0.2) is 0 Å². The Balaban J connectivity index is 1.86. The van der Waals surface area contributed by atoms with Crippen LogP contribution < -0.4 is 5.32 Å². The highest BCUT2D eigenvalue weighted by Crippen LogP contribution is 2.21. The van der Waals surface area contributed by atoms with Crippen molar-refractivity contribution in [2.45, 2.75) is 52.7 Å². The first-order valence-electron chi connectivity index (χ1n) is 7.04. The van der Waals surface area contributed by atoms with Crippen molar-refractivity contribution in [2.75, 3.05) is 13.6 Å². The van der Waals surface area contributed by atoms with Crippen LogP contribution in [-0.2, 0) is 13.1 Å². The Hall–Kier alpha value is -0.800. The first-order valence-corrected chi connectivity index (χ1v) is 7.04. The molecule has 1 fully saturated rings. The van der Waals surface area contributed by atoms with Crippen molar-refractivity contribution in [1.29, 1.82) is 0 Å². The molecule has 0 unspecified atom stereocenters. The highest BCUT2D eigenvalue weighted by molar-refractivity contribution is 5.20. The van der Waals surface area contributed by atoms with Crippen LogP contribution in [0, 0.1) is 12.8 Å². The number of hydrogen-bond acceptors (Lipinski definition) is 3. The Bertz CT molecular complexity index is 380. The molecule has 1 aliphatic carbocycles. The molecule has 1 aliphatic rings. The molecule has 0 aliphatic heterocycles. The lowest BCUT2D eigenvalue weighted by Crippen LogP contribution is -2.22. The maximum atomic E-state index is 5.94. The third kappa shape index (κ3) is 4.14. The fraction of sp³-hybridized carbons (Fsp3) is 0.733. The van der Waals surface area contributed by atoms with Gasteiger partial charge in [-0.1, -0.05) is 13.8 Å². The van der Waals surface area contributed by atoms with Crippen LogP contribution in [0.15, 0.2) is 10.5 Å². The van der Waals surface area contributed by atoms with Gasteiger partial charge in [0.15, 0.2) is 0 Å². The van der Waals surface area contributed by atoms with Gasteiger partial charge in [-0.2, -0.15) is 0 Å². The average Bonchev–Trinajstić information content (AvgIpc) is 3.00. The van der Waals surface area contributed by atoms with Gasteiger partial charge in [0.25, 0.3) is 0 Å². The molecular formula is C15H26N2O. The van der Waals surface area contributed by atoms with E-state index in [2.05, 4.69) is 44.1 Å². The lowest BCUT2D eigenvalue weighted by Gasteiger charge is -2.17. The van der Waals surface area contributed by atoms with E-state index >= 15 is 0 Å². The van der Waals surface area contributed by atoms with E-state index in [-0.39, 0.29) is 0 Å². The third-order valence-corrected chi connectivity index (χ3v) is 3.30. The van der Waals surface area contributed by atoms with Gasteiger partial charge in [-0.15, -0.1) is 0 Å². The summed E-state index contributed by atoms with van der Waals surface area (Å²) in [5.74, 6) is 2.89. The number of nitrogens with zero attached hydrogens (tertiary/aromatic N) is 1. The topological polar surface area (TPSA) is 28.4 Å². The van der Waals surface area contributed by atoms with Gasteiger partial charge in [0, 0.05) is 12.6 Å². The van der Waals surface area contributed by atoms with Crippen molar-refractivity contribution in [2.24, 2.45) is 5.92 Å². The van der Waals surface area contributed by atoms with Gasteiger partial charge in [0.05, 0.1) is 13.1 Å². The molecule has 2 rings (SSSR count). The second-order valence-electron chi connectivity index (χ2n) is 6.06. The van der Waals surface area contributed by atoms with Crippen LogP contribution in [-0.4, -0.2) is 24.5 Å². The smallest absolute Gasteiger partial charge is 0.120 e. The summed E-state index contributed by atoms with van der Waals surface area (Å²) in [5.41, 5.74) is 1.27. The lowest BCUT2D eigenvalue weighted by atomic mass is 10.2. The highest BCUT2D eigenvalue weighted by atomic mass is 16.3. The number of rotatable bonds is 7. The van der Waals surface area contributed by atoms with Crippen molar-refractivity contribution in [3.63, 3.8) is 0 Å². The largest absolute Gasteiger partial charge is 0.463 e. The van der Waals surface area contributed by atoms with Crippen LogP contribution in [0.4, 0.5) is 0 Å². The standard InChI is InChI=1S/C15H26N2O/c1-11(2)9-17(4)10-14-7-12(3)15(18-14)8-16-13-5-6-13/h7,11,13,16H,5-6,8-10H2,1-4H3. The molecule has 0 spiro atoms. The van der Waals surface area contributed by atoms with Crippen molar-refractivity contribution >= 4 is 0 Å². The molecule has 0 atom stereocenters. The van der Waals surface area contributed by atoms with E-state index in [1.54, 1.807) is 0 Å². The van der Waals surface area contributed by atoms with Gasteiger partial charge in [-0.05, 0) is 44.4 Å². The van der Waals surface area contributed by atoms with Crippen molar-refractivity contribution in [1.82, 2.24) is 10.2 Å². The zero-order chi connectivity index (χ0) is 13.1. The molecule has 0 bridgehead atoms. The van der Waals surface area contributed by atoms with Crippen molar-refractivity contribution in [3.05, 3.63) is 23.2 Å². The van der Waals surface area contributed by atoms with Gasteiger partial charge < -0.3 is 9.73 Å². The van der Waals surface area contributed by atoms with E-state index in [1.165, 1.54) is 18.4 Å². The molecule has 102 valence electrons. The molecule has 1 aromatic rings. The van der Waals surface area contributed by atoms with E-state index in [0.717, 1.165) is 37.2 Å². The number of aryl methyl sites for hydroxylation is 1. The molecule has 0 amide bonds. The maximum Gasteiger partial charge on any atom is 0.120 e. The Morgan fingerprint density at radius 2 is 2.17 bits per heavy atom. The van der Waals surface area contributed by atoms with Crippen LogP contribution in [0.3, 0.4) is 0 Å². The summed E-state index contributed by atoms with van der Waals surface area (Å²) in [6.45, 7) is 9.52. The summed E-state index contributed by atoms with van der Waals surface area (Å²) in [4.78, 5) is 2.32. The van der Waals surface area contributed by atoms with Crippen LogP contribution in [0.25, 0.3) is 0 Å². The molecule has 1 aromatic heterocycles. The van der Waals surface area contributed by atoms with Gasteiger partial charge in [0.2, 0.25) is 0 Å². The highest BCUT2D eigenvalue weighted by Gasteiger charge is 2.21. The van der Waals surface area contributed by atoms with Crippen molar-refractivity contribution in [3.8, 4) is 0 Å². The van der Waals surface area contributed by atoms with Crippen LogP contribution in [0.5, 0.6) is 0 Å². The van der Waals surface area contributed by atoms with Gasteiger partial charge >= 0.3 is 0 Å². The SMILES string of the molecule is Cc1cc(CN(C)CC(C)C)oc1CNC1CC1. The quantitative estimate of drug-likeness (QED) is 0.806. The van der Waals surface area contributed by atoms with E-state index in [0.29, 0.717) is 5.92 Å². The zero-order valence-electron chi connectivity index (χ0n) is 12.1. The molecule has 1 heterocycles. The van der Waals surface area contributed by atoms with E-state index in [4.69, 9.17) is 4.42 Å². The van der Waals surface area contributed by atoms with Crippen LogP contribution >= 0.6 is 0 Å². The second-order valence-corrected chi connectivity index (χ2v) is 6.06. The summed E-state index contributed by atoms with van der Waals surface area (Å²) < 4.78 is 5.94. The Kier molecular flexibility index (Phi) is 4.46. The lowest BCUT2D eigenvalue weighted by molar-refractivity contribution is 0.261. The molecule has 0 radical (unpaired) electrons. The summed E-state index contributed by atoms with van der Waals surface area (Å²) in [6, 6.07) is 2.92. The molecule has 0 aromatic carbocycles. The zero-order valence-corrected chi connectivity index (χ0v) is 12.1. The minimum atomic E-state index is 0.696. The first-order chi connectivity index (χ1) is 8.54. The summed E-state index contributed by atoms with van der Waals surface area (Å²) in [6.07, 6.45) is 2.65. The number of hydrogen-bond donors (Lipinski definition) is 1. The molecule has 3 nitrogen and oxygen atoms in total.